The highest BCUT2D eigenvalue weighted by Gasteiger charge is 2.45. The second-order valence-electron chi connectivity index (χ2n) is 7.05. The fourth-order valence-corrected chi connectivity index (χ4v) is 3.78. The Bertz CT molecular complexity index is 1150. The van der Waals surface area contributed by atoms with Crippen LogP contribution < -0.4 is 14.4 Å². The van der Waals surface area contributed by atoms with Crippen molar-refractivity contribution in [2.24, 2.45) is 0 Å². The first-order chi connectivity index (χ1) is 15.6. The monoisotopic (exact) mass is 433 g/mol. The summed E-state index contributed by atoms with van der Waals surface area (Å²) in [7, 11) is 0. The minimum atomic E-state index is -0.839. The molecule has 0 saturated carbocycles. The predicted molar refractivity (Wildman–Crippen MR) is 118 cm³/mol. The highest BCUT2D eigenvalue weighted by molar-refractivity contribution is 6.20. The number of anilines is 1. The van der Waals surface area contributed by atoms with Gasteiger partial charge < -0.3 is 19.0 Å². The van der Waals surface area contributed by atoms with Gasteiger partial charge in [0.1, 0.15) is 0 Å². The van der Waals surface area contributed by atoms with Crippen LogP contribution in [0.3, 0.4) is 0 Å². The van der Waals surface area contributed by atoms with E-state index in [9.17, 15) is 14.7 Å². The van der Waals surface area contributed by atoms with Crippen molar-refractivity contribution in [2.45, 2.75) is 19.9 Å². The summed E-state index contributed by atoms with van der Waals surface area (Å²) in [6.45, 7) is 4.58. The van der Waals surface area contributed by atoms with Crippen molar-refractivity contribution >= 4 is 17.4 Å². The lowest BCUT2D eigenvalue weighted by molar-refractivity contribution is -0.117. The molecule has 1 amide bonds. The zero-order chi connectivity index (χ0) is 22.7. The maximum atomic E-state index is 13.2. The minimum Gasteiger partial charge on any atom is -0.503 e. The molecule has 2 heterocycles. The minimum absolute atomic E-state index is 0.0389. The molecule has 0 bridgehead atoms. The van der Waals surface area contributed by atoms with E-state index in [1.165, 1.54) is 17.2 Å². The number of rotatable bonds is 8. The van der Waals surface area contributed by atoms with Gasteiger partial charge in [-0.15, -0.1) is 0 Å². The van der Waals surface area contributed by atoms with Crippen LogP contribution >= 0.6 is 0 Å². The number of aliphatic hydroxyl groups is 1. The number of ketones is 1. The van der Waals surface area contributed by atoms with E-state index in [2.05, 4.69) is 0 Å². The van der Waals surface area contributed by atoms with Crippen molar-refractivity contribution in [1.29, 1.82) is 0 Å². The van der Waals surface area contributed by atoms with Crippen LogP contribution in [-0.2, 0) is 4.79 Å². The smallest absolute Gasteiger partial charge is 0.294 e. The Morgan fingerprint density at radius 2 is 1.72 bits per heavy atom. The number of benzene rings is 2. The molecule has 1 aliphatic rings. The number of aliphatic hydroxyl groups excluding tert-OH is 1. The maximum absolute atomic E-state index is 13.2. The van der Waals surface area contributed by atoms with Crippen molar-refractivity contribution in [3.63, 3.8) is 0 Å². The molecule has 2 aromatic carbocycles. The van der Waals surface area contributed by atoms with Gasteiger partial charge in [0, 0.05) is 11.8 Å². The molecule has 3 aromatic rings. The van der Waals surface area contributed by atoms with Crippen LogP contribution in [0.2, 0.25) is 0 Å². The summed E-state index contributed by atoms with van der Waals surface area (Å²) in [6, 6.07) is 16.4. The summed E-state index contributed by atoms with van der Waals surface area (Å²) in [5.74, 6) is -0.772. The topological polar surface area (TPSA) is 89.2 Å². The van der Waals surface area contributed by atoms with Crippen molar-refractivity contribution < 1.29 is 28.6 Å². The summed E-state index contributed by atoms with van der Waals surface area (Å²) in [5.41, 5.74) is 1.10. The molecule has 0 saturated heterocycles. The summed E-state index contributed by atoms with van der Waals surface area (Å²) >= 11 is 0. The van der Waals surface area contributed by atoms with Gasteiger partial charge in [-0.1, -0.05) is 30.3 Å². The zero-order valence-corrected chi connectivity index (χ0v) is 17.8. The van der Waals surface area contributed by atoms with Crippen LogP contribution in [0.25, 0.3) is 0 Å². The van der Waals surface area contributed by atoms with E-state index in [0.29, 0.717) is 36.0 Å². The first-order valence-electron chi connectivity index (χ1n) is 10.4. The summed E-state index contributed by atoms with van der Waals surface area (Å²) in [6.07, 6.45) is 1.37. The average molecular weight is 433 g/mol. The standard InChI is InChI=1S/C25H23NO6/c1-3-30-18-13-12-17(15-20(18)31-4-2)26-22(16-9-6-5-7-10-16)21(24(28)25(26)29)23(27)19-11-8-14-32-19/h5-15,22,28H,3-4H2,1-2H3. The fraction of sp³-hybridized carbons (Fsp3) is 0.200. The van der Waals surface area contributed by atoms with E-state index < -0.39 is 23.5 Å². The summed E-state index contributed by atoms with van der Waals surface area (Å²) in [4.78, 5) is 27.8. The molecule has 164 valence electrons. The van der Waals surface area contributed by atoms with Crippen molar-refractivity contribution in [1.82, 2.24) is 0 Å². The molecule has 1 aliphatic heterocycles. The van der Waals surface area contributed by atoms with E-state index >= 15 is 0 Å². The Hall–Kier alpha value is -4.00. The summed E-state index contributed by atoms with van der Waals surface area (Å²) < 4.78 is 16.6. The van der Waals surface area contributed by atoms with Gasteiger partial charge in [-0.25, -0.2) is 0 Å². The van der Waals surface area contributed by atoms with Crippen molar-refractivity contribution in [2.75, 3.05) is 18.1 Å². The van der Waals surface area contributed by atoms with Gasteiger partial charge in [-0.2, -0.15) is 0 Å². The molecule has 7 heteroatoms. The number of furan rings is 1. The molecule has 32 heavy (non-hydrogen) atoms. The molecule has 1 aromatic heterocycles. The first kappa shape index (κ1) is 21.2. The second kappa shape index (κ2) is 9.01. The van der Waals surface area contributed by atoms with Crippen LogP contribution in [0.4, 0.5) is 5.69 Å². The molecule has 1 atom stereocenters. The number of hydrogen-bond donors (Lipinski definition) is 1. The molecule has 1 N–H and O–H groups in total. The number of ether oxygens (including phenoxy) is 2. The van der Waals surface area contributed by atoms with E-state index in [1.54, 1.807) is 36.4 Å². The normalized spacial score (nSPS) is 15.9. The maximum Gasteiger partial charge on any atom is 0.294 e. The van der Waals surface area contributed by atoms with Crippen molar-refractivity contribution in [3.8, 4) is 11.5 Å². The molecule has 0 radical (unpaired) electrons. The highest BCUT2D eigenvalue weighted by Crippen LogP contribution is 2.44. The number of Topliss-reactive ketones (excluding diaryl/α,β-unsaturated/α-hetero) is 1. The molecular formula is C25H23NO6. The SMILES string of the molecule is CCOc1ccc(N2C(=O)C(O)=C(C(=O)c3ccco3)C2c2ccccc2)cc1OCC. The number of hydrogen-bond acceptors (Lipinski definition) is 6. The Balaban J connectivity index is 1.84. The van der Waals surface area contributed by atoms with Crippen LogP contribution in [0, 0.1) is 0 Å². The largest absolute Gasteiger partial charge is 0.503 e. The van der Waals surface area contributed by atoms with Crippen LogP contribution in [0.1, 0.15) is 36.0 Å². The first-order valence-corrected chi connectivity index (χ1v) is 10.4. The molecule has 4 rings (SSSR count). The third-order valence-electron chi connectivity index (χ3n) is 5.12. The fourth-order valence-electron chi connectivity index (χ4n) is 3.78. The van der Waals surface area contributed by atoms with E-state index in [4.69, 9.17) is 13.9 Å². The Morgan fingerprint density at radius 3 is 2.38 bits per heavy atom. The Morgan fingerprint density at radius 1 is 1.00 bits per heavy atom. The van der Waals surface area contributed by atoms with Gasteiger partial charge in [0.2, 0.25) is 5.78 Å². The highest BCUT2D eigenvalue weighted by atomic mass is 16.5. The molecule has 1 unspecified atom stereocenters. The van der Waals surface area contributed by atoms with Gasteiger partial charge in [-0.05, 0) is 43.7 Å². The van der Waals surface area contributed by atoms with E-state index in [-0.39, 0.29) is 11.3 Å². The van der Waals surface area contributed by atoms with E-state index in [0.717, 1.165) is 0 Å². The van der Waals surface area contributed by atoms with Gasteiger partial charge in [0.25, 0.3) is 5.91 Å². The second-order valence-corrected chi connectivity index (χ2v) is 7.05. The third kappa shape index (κ3) is 3.73. The molecular weight excluding hydrogens is 410 g/mol. The Labute approximate surface area is 185 Å². The predicted octanol–water partition coefficient (Wildman–Crippen LogP) is 4.86. The Kier molecular flexibility index (Phi) is 5.98. The lowest BCUT2D eigenvalue weighted by Gasteiger charge is -2.27. The van der Waals surface area contributed by atoms with Crippen LogP contribution in [-0.4, -0.2) is 30.0 Å². The lowest BCUT2D eigenvalue weighted by atomic mass is 9.95. The van der Waals surface area contributed by atoms with Gasteiger partial charge >= 0.3 is 0 Å². The van der Waals surface area contributed by atoms with Gasteiger partial charge in [0.05, 0.1) is 31.1 Å². The van der Waals surface area contributed by atoms with Crippen LogP contribution in [0.5, 0.6) is 11.5 Å². The zero-order valence-electron chi connectivity index (χ0n) is 17.8. The number of nitrogens with zero attached hydrogens (tertiary/aromatic N) is 1. The molecule has 0 spiro atoms. The lowest BCUT2D eigenvalue weighted by Crippen LogP contribution is -2.31. The number of amides is 1. The van der Waals surface area contributed by atoms with Gasteiger partial charge in [-0.3, -0.25) is 14.5 Å². The number of carbonyl (C=O) groups is 2. The van der Waals surface area contributed by atoms with E-state index in [1.807, 2.05) is 32.0 Å². The average Bonchev–Trinajstić information content (AvgIpc) is 3.43. The molecule has 0 fully saturated rings. The van der Waals surface area contributed by atoms with Crippen molar-refractivity contribution in [3.05, 3.63) is 89.6 Å². The molecule has 0 aliphatic carbocycles. The third-order valence-corrected chi connectivity index (χ3v) is 5.12. The van der Waals surface area contributed by atoms with Crippen LogP contribution in [0.15, 0.2) is 82.7 Å². The number of carbonyl (C=O) groups excluding carboxylic acids is 2. The molecule has 7 nitrogen and oxygen atoms in total. The quantitative estimate of drug-likeness (QED) is 0.511. The van der Waals surface area contributed by atoms with Gasteiger partial charge in [0.15, 0.2) is 23.0 Å². The summed E-state index contributed by atoms with van der Waals surface area (Å²) in [5, 5.41) is 10.8.